The maximum Gasteiger partial charge on any atom is 0.232 e. The summed E-state index contributed by atoms with van der Waals surface area (Å²) < 4.78 is 27.4. The van der Waals surface area contributed by atoms with E-state index in [9.17, 15) is 13.6 Å². The minimum Gasteiger partial charge on any atom is -0.280 e. The predicted molar refractivity (Wildman–Crippen MR) is 74.7 cm³/mol. The van der Waals surface area contributed by atoms with Gasteiger partial charge < -0.3 is 0 Å². The summed E-state index contributed by atoms with van der Waals surface area (Å²) >= 11 is 5.67. The van der Waals surface area contributed by atoms with Crippen molar-refractivity contribution in [3.8, 4) is 0 Å². The van der Waals surface area contributed by atoms with Crippen LogP contribution in [0.3, 0.4) is 0 Å². The molecule has 0 N–H and O–H groups in total. The van der Waals surface area contributed by atoms with Crippen LogP contribution < -0.4 is 0 Å². The molecule has 1 atom stereocenters. The monoisotopic (exact) mass is 294 g/mol. The lowest BCUT2D eigenvalue weighted by Gasteiger charge is -2.26. The molecule has 0 amide bonds. The average molecular weight is 295 g/mol. The third kappa shape index (κ3) is 2.73. The van der Waals surface area contributed by atoms with Gasteiger partial charge in [0.15, 0.2) is 11.6 Å². The first kappa shape index (κ1) is 14.7. The van der Waals surface area contributed by atoms with Crippen LogP contribution in [0.15, 0.2) is 48.5 Å². The van der Waals surface area contributed by atoms with E-state index in [4.69, 9.17) is 11.6 Å². The van der Waals surface area contributed by atoms with E-state index >= 15 is 0 Å². The largest absolute Gasteiger partial charge is 0.280 e. The van der Waals surface area contributed by atoms with Gasteiger partial charge in [0.1, 0.15) is 0 Å². The average Bonchev–Trinajstić information content (AvgIpc) is 2.42. The second kappa shape index (κ2) is 5.71. The van der Waals surface area contributed by atoms with Gasteiger partial charge in [0.05, 0.1) is 5.41 Å². The number of hydrogen-bond donors (Lipinski definition) is 0. The molecule has 0 radical (unpaired) electrons. The number of benzene rings is 2. The Balaban J connectivity index is 2.50. The molecule has 0 spiro atoms. The van der Waals surface area contributed by atoms with Gasteiger partial charge in [-0.25, -0.2) is 8.78 Å². The summed E-state index contributed by atoms with van der Waals surface area (Å²) in [5, 5.41) is -0.717. The molecule has 0 aliphatic carbocycles. The van der Waals surface area contributed by atoms with Gasteiger partial charge in [0, 0.05) is 5.56 Å². The first-order valence-corrected chi connectivity index (χ1v) is 6.51. The quantitative estimate of drug-likeness (QED) is 0.771. The van der Waals surface area contributed by atoms with Gasteiger partial charge in [-0.3, -0.25) is 4.79 Å². The second-order valence-electron chi connectivity index (χ2n) is 4.87. The third-order valence-electron chi connectivity index (χ3n) is 3.38. The highest BCUT2D eigenvalue weighted by atomic mass is 35.5. The molecular formula is C16H13ClF2O. The maximum atomic E-state index is 14.0. The Hall–Kier alpha value is -1.74. The van der Waals surface area contributed by atoms with E-state index in [1.807, 2.05) is 30.3 Å². The van der Waals surface area contributed by atoms with Crippen molar-refractivity contribution in [3.05, 3.63) is 71.3 Å². The lowest BCUT2D eigenvalue weighted by atomic mass is 9.78. The van der Waals surface area contributed by atoms with Crippen LogP contribution in [0.4, 0.5) is 8.78 Å². The zero-order valence-corrected chi connectivity index (χ0v) is 11.6. The van der Waals surface area contributed by atoms with Gasteiger partial charge in [0.2, 0.25) is 5.24 Å². The van der Waals surface area contributed by atoms with Gasteiger partial charge in [-0.15, -0.1) is 0 Å². The fraction of sp³-hybridized carbons (Fsp3) is 0.188. The highest BCUT2D eigenvalue weighted by molar-refractivity contribution is 6.65. The third-order valence-corrected chi connectivity index (χ3v) is 3.80. The smallest absolute Gasteiger partial charge is 0.232 e. The lowest BCUT2D eigenvalue weighted by molar-refractivity contribution is -0.116. The maximum absolute atomic E-state index is 14.0. The fourth-order valence-electron chi connectivity index (χ4n) is 2.20. The highest BCUT2D eigenvalue weighted by Crippen LogP contribution is 2.33. The lowest BCUT2D eigenvalue weighted by Crippen LogP contribution is -2.33. The van der Waals surface area contributed by atoms with E-state index in [0.717, 1.165) is 11.6 Å². The Labute approximate surface area is 121 Å². The van der Waals surface area contributed by atoms with E-state index in [2.05, 4.69) is 0 Å². The minimum atomic E-state index is -1.31. The van der Waals surface area contributed by atoms with Crippen molar-refractivity contribution in [2.75, 3.05) is 0 Å². The van der Waals surface area contributed by atoms with Crippen molar-refractivity contribution in [2.45, 2.75) is 18.8 Å². The molecule has 104 valence electrons. The summed E-state index contributed by atoms with van der Waals surface area (Å²) in [6.45, 7) is 1.52. The molecule has 1 unspecified atom stereocenters. The molecule has 0 saturated carbocycles. The number of halogens is 3. The predicted octanol–water partition coefficient (Wildman–Crippen LogP) is 4.23. The van der Waals surface area contributed by atoms with Gasteiger partial charge in [-0.2, -0.15) is 0 Å². The Kier molecular flexibility index (Phi) is 4.19. The molecule has 0 aromatic heterocycles. The topological polar surface area (TPSA) is 17.1 Å². The minimum absolute atomic E-state index is 0.0265. The van der Waals surface area contributed by atoms with Crippen LogP contribution in [0.1, 0.15) is 18.1 Å². The molecule has 2 aromatic carbocycles. The zero-order valence-electron chi connectivity index (χ0n) is 10.9. The van der Waals surface area contributed by atoms with Crippen molar-refractivity contribution >= 4 is 16.8 Å². The van der Waals surface area contributed by atoms with Crippen LogP contribution in [0.2, 0.25) is 0 Å². The summed E-state index contributed by atoms with van der Waals surface area (Å²) in [5.74, 6) is -2.01. The van der Waals surface area contributed by atoms with Crippen molar-refractivity contribution in [1.82, 2.24) is 0 Å². The first-order valence-electron chi connectivity index (χ1n) is 6.13. The summed E-state index contributed by atoms with van der Waals surface area (Å²) in [7, 11) is 0. The van der Waals surface area contributed by atoms with Gasteiger partial charge in [-0.05, 0) is 36.6 Å². The summed E-state index contributed by atoms with van der Waals surface area (Å²) in [4.78, 5) is 11.8. The van der Waals surface area contributed by atoms with Crippen LogP contribution in [0.25, 0.3) is 0 Å². The molecular weight excluding hydrogens is 282 g/mol. The van der Waals surface area contributed by atoms with Crippen molar-refractivity contribution in [3.63, 3.8) is 0 Å². The molecule has 0 aliphatic rings. The fourth-order valence-corrected chi connectivity index (χ4v) is 2.37. The van der Waals surface area contributed by atoms with Gasteiger partial charge in [-0.1, -0.05) is 42.5 Å². The van der Waals surface area contributed by atoms with E-state index in [1.54, 1.807) is 0 Å². The van der Waals surface area contributed by atoms with E-state index in [0.29, 0.717) is 0 Å². The summed E-state index contributed by atoms with van der Waals surface area (Å²) in [6, 6.07) is 12.9. The molecule has 0 bridgehead atoms. The number of hydrogen-bond acceptors (Lipinski definition) is 1. The molecule has 2 rings (SSSR count). The number of rotatable bonds is 4. The standard InChI is InChI=1S/C16H13ClF2O/c1-16(15(17)20,10-11-6-3-2-4-7-11)12-8-5-9-13(18)14(12)19/h2-9H,10H2,1H3. The summed E-state index contributed by atoms with van der Waals surface area (Å²) in [6.07, 6.45) is 0.205. The normalized spacial score (nSPS) is 13.8. The van der Waals surface area contributed by atoms with Crippen LogP contribution in [0.5, 0.6) is 0 Å². The van der Waals surface area contributed by atoms with Gasteiger partial charge in [0.25, 0.3) is 0 Å². The Bertz CT molecular complexity index is 628. The SMILES string of the molecule is CC(Cc1ccccc1)(C(=O)Cl)c1cccc(F)c1F. The van der Waals surface area contributed by atoms with Crippen LogP contribution in [-0.2, 0) is 16.6 Å². The van der Waals surface area contributed by atoms with Crippen molar-refractivity contribution < 1.29 is 13.6 Å². The van der Waals surface area contributed by atoms with E-state index in [-0.39, 0.29) is 12.0 Å². The Morgan fingerprint density at radius 3 is 2.35 bits per heavy atom. The first-order chi connectivity index (χ1) is 9.45. The highest BCUT2D eigenvalue weighted by Gasteiger charge is 2.37. The molecule has 0 fully saturated rings. The van der Waals surface area contributed by atoms with Crippen LogP contribution >= 0.6 is 11.6 Å². The van der Waals surface area contributed by atoms with Gasteiger partial charge >= 0.3 is 0 Å². The van der Waals surface area contributed by atoms with Crippen LogP contribution in [0, 0.1) is 11.6 Å². The molecule has 0 heterocycles. The number of carbonyl (C=O) groups is 1. The molecule has 0 aliphatic heterocycles. The van der Waals surface area contributed by atoms with Crippen molar-refractivity contribution in [2.24, 2.45) is 0 Å². The Morgan fingerprint density at radius 1 is 1.10 bits per heavy atom. The summed E-state index contributed by atoms with van der Waals surface area (Å²) in [5.41, 5.74) is -0.510. The van der Waals surface area contributed by atoms with E-state index < -0.39 is 22.3 Å². The van der Waals surface area contributed by atoms with Crippen LogP contribution in [-0.4, -0.2) is 5.24 Å². The number of carbonyl (C=O) groups excluding carboxylic acids is 1. The molecule has 1 nitrogen and oxygen atoms in total. The molecule has 20 heavy (non-hydrogen) atoms. The van der Waals surface area contributed by atoms with Crippen molar-refractivity contribution in [1.29, 1.82) is 0 Å². The van der Waals surface area contributed by atoms with E-state index in [1.165, 1.54) is 19.1 Å². The molecule has 0 saturated heterocycles. The molecule has 2 aromatic rings. The zero-order chi connectivity index (χ0) is 14.8. The Morgan fingerprint density at radius 2 is 1.75 bits per heavy atom. The second-order valence-corrected chi connectivity index (χ2v) is 5.21. The molecule has 4 heteroatoms.